The molecule has 0 aliphatic heterocycles. The Morgan fingerprint density at radius 1 is 1.29 bits per heavy atom. The molecule has 0 spiro atoms. The molecular formula is C16H23NO4. The van der Waals surface area contributed by atoms with Crippen molar-refractivity contribution in [3.63, 3.8) is 0 Å². The molecule has 0 saturated heterocycles. The van der Waals surface area contributed by atoms with E-state index in [1.165, 1.54) is 11.9 Å². The summed E-state index contributed by atoms with van der Waals surface area (Å²) in [4.78, 5) is 24.7. The number of aryl methyl sites for hydroxylation is 2. The Hall–Kier alpha value is -2.04. The van der Waals surface area contributed by atoms with Gasteiger partial charge >= 0.3 is 6.09 Å². The molecule has 0 aliphatic carbocycles. The van der Waals surface area contributed by atoms with Gasteiger partial charge in [0.2, 0.25) is 0 Å². The first-order valence-corrected chi connectivity index (χ1v) is 6.78. The second-order valence-electron chi connectivity index (χ2n) is 6.18. The normalized spacial score (nSPS) is 12.7. The van der Waals surface area contributed by atoms with E-state index >= 15 is 0 Å². The fraction of sp³-hybridized carbons (Fsp3) is 0.500. The number of hydrogen-bond donors (Lipinski definition) is 1. The summed E-state index contributed by atoms with van der Waals surface area (Å²) in [5.74, 6) is 0.198. The molecule has 1 rings (SSSR count). The Kier molecular flexibility index (Phi) is 4.99. The van der Waals surface area contributed by atoms with E-state index in [1.807, 2.05) is 0 Å². The third-order valence-electron chi connectivity index (χ3n) is 3.08. The summed E-state index contributed by atoms with van der Waals surface area (Å²) in [6, 6.07) is 2.64. The van der Waals surface area contributed by atoms with Crippen LogP contribution in [0.25, 0.3) is 0 Å². The molecule has 0 saturated carbocycles. The average Bonchev–Trinajstić information content (AvgIpc) is 2.34. The van der Waals surface area contributed by atoms with E-state index in [0.29, 0.717) is 23.0 Å². The number of benzene rings is 1. The van der Waals surface area contributed by atoms with Crippen LogP contribution in [0, 0.1) is 13.8 Å². The molecule has 5 heteroatoms. The van der Waals surface area contributed by atoms with Crippen LogP contribution >= 0.6 is 0 Å². The zero-order valence-corrected chi connectivity index (χ0v) is 13.4. The number of aldehydes is 1. The Labute approximate surface area is 125 Å². The maximum Gasteiger partial charge on any atom is 0.410 e. The Balaban J connectivity index is 3.08. The minimum Gasteiger partial charge on any atom is -0.507 e. The smallest absolute Gasteiger partial charge is 0.410 e. The quantitative estimate of drug-likeness (QED) is 0.869. The van der Waals surface area contributed by atoms with E-state index in [9.17, 15) is 14.7 Å². The lowest BCUT2D eigenvalue weighted by molar-refractivity contribution is -0.112. The predicted octanol–water partition coefficient (Wildman–Crippen LogP) is 3.12. The number of nitrogens with zero attached hydrogens (tertiary/aromatic N) is 1. The monoisotopic (exact) mass is 293 g/mol. The Bertz CT molecular complexity index is 523. The summed E-state index contributed by atoms with van der Waals surface area (Å²) in [7, 11) is 1.52. The Morgan fingerprint density at radius 2 is 1.76 bits per heavy atom. The van der Waals surface area contributed by atoms with E-state index < -0.39 is 17.7 Å². The van der Waals surface area contributed by atoms with Gasteiger partial charge in [0, 0.05) is 7.05 Å². The highest BCUT2D eigenvalue weighted by Crippen LogP contribution is 2.28. The SMILES string of the molecule is Cc1cc(C(C=O)N(C)C(=O)OC(C)(C)C)cc(C)c1O. The molecule has 1 amide bonds. The van der Waals surface area contributed by atoms with Crippen LogP contribution in [0.1, 0.15) is 43.5 Å². The molecule has 1 unspecified atom stereocenters. The van der Waals surface area contributed by atoms with Crippen molar-refractivity contribution in [2.24, 2.45) is 0 Å². The molecule has 0 fully saturated rings. The van der Waals surface area contributed by atoms with Gasteiger partial charge in [-0.2, -0.15) is 0 Å². The van der Waals surface area contributed by atoms with Crippen molar-refractivity contribution in [2.75, 3.05) is 7.05 Å². The molecule has 1 N–H and O–H groups in total. The summed E-state index contributed by atoms with van der Waals surface area (Å²) < 4.78 is 5.27. The molecule has 0 bridgehead atoms. The molecule has 1 aromatic rings. The highest BCUT2D eigenvalue weighted by atomic mass is 16.6. The molecule has 21 heavy (non-hydrogen) atoms. The van der Waals surface area contributed by atoms with Crippen molar-refractivity contribution in [2.45, 2.75) is 46.3 Å². The van der Waals surface area contributed by atoms with Gasteiger partial charge in [0.15, 0.2) is 0 Å². The third kappa shape index (κ3) is 4.21. The van der Waals surface area contributed by atoms with Crippen molar-refractivity contribution >= 4 is 12.4 Å². The number of phenolic OH excluding ortho intramolecular Hbond substituents is 1. The highest BCUT2D eigenvalue weighted by molar-refractivity contribution is 5.75. The van der Waals surface area contributed by atoms with Crippen LogP contribution in [0.3, 0.4) is 0 Å². The third-order valence-corrected chi connectivity index (χ3v) is 3.08. The van der Waals surface area contributed by atoms with E-state index in [-0.39, 0.29) is 5.75 Å². The molecule has 116 valence electrons. The topological polar surface area (TPSA) is 66.8 Å². The summed E-state index contributed by atoms with van der Waals surface area (Å²) in [6.07, 6.45) is 0.123. The summed E-state index contributed by atoms with van der Waals surface area (Å²) in [5, 5.41) is 9.79. The van der Waals surface area contributed by atoms with Crippen molar-refractivity contribution in [1.29, 1.82) is 0 Å². The summed E-state index contributed by atoms with van der Waals surface area (Å²) >= 11 is 0. The van der Waals surface area contributed by atoms with Crippen molar-refractivity contribution < 1.29 is 19.4 Å². The number of rotatable bonds is 3. The van der Waals surface area contributed by atoms with Gasteiger partial charge in [-0.05, 0) is 63.4 Å². The molecule has 5 nitrogen and oxygen atoms in total. The molecule has 0 radical (unpaired) electrons. The van der Waals surface area contributed by atoms with Crippen LogP contribution in [-0.4, -0.2) is 35.0 Å². The van der Waals surface area contributed by atoms with E-state index in [0.717, 1.165) is 0 Å². The number of amides is 1. The maximum absolute atomic E-state index is 12.1. The van der Waals surface area contributed by atoms with Crippen LogP contribution in [0.4, 0.5) is 4.79 Å². The minimum atomic E-state index is -0.752. The van der Waals surface area contributed by atoms with Gasteiger partial charge in [0.05, 0.1) is 0 Å². The Morgan fingerprint density at radius 3 is 2.14 bits per heavy atom. The minimum absolute atomic E-state index is 0.198. The van der Waals surface area contributed by atoms with E-state index in [2.05, 4.69) is 0 Å². The molecule has 1 aromatic carbocycles. The second kappa shape index (κ2) is 6.16. The zero-order valence-electron chi connectivity index (χ0n) is 13.4. The maximum atomic E-state index is 12.1. The van der Waals surface area contributed by atoms with Gasteiger partial charge < -0.3 is 14.6 Å². The van der Waals surface area contributed by atoms with Crippen LogP contribution in [0.2, 0.25) is 0 Å². The number of aromatic hydroxyl groups is 1. The number of carbonyl (C=O) groups is 2. The van der Waals surface area contributed by atoms with E-state index in [1.54, 1.807) is 46.8 Å². The second-order valence-corrected chi connectivity index (χ2v) is 6.18. The highest BCUT2D eigenvalue weighted by Gasteiger charge is 2.26. The number of hydrogen-bond acceptors (Lipinski definition) is 4. The van der Waals surface area contributed by atoms with Crippen molar-refractivity contribution in [3.05, 3.63) is 28.8 Å². The van der Waals surface area contributed by atoms with Crippen LogP contribution in [0.5, 0.6) is 5.75 Å². The lowest BCUT2D eigenvalue weighted by atomic mass is 10.0. The standard InChI is InChI=1S/C16H23NO4/c1-10-7-12(8-11(2)14(10)19)13(9-18)17(6)15(20)21-16(3,4)5/h7-9,13,19H,1-6H3. The van der Waals surface area contributed by atoms with Gasteiger partial charge in [-0.25, -0.2) is 4.79 Å². The van der Waals surface area contributed by atoms with E-state index in [4.69, 9.17) is 4.74 Å². The number of likely N-dealkylation sites (N-methyl/N-ethyl adjacent to an activating group) is 1. The molecule has 0 heterocycles. The van der Waals surface area contributed by atoms with Crippen LogP contribution in [0.15, 0.2) is 12.1 Å². The average molecular weight is 293 g/mol. The fourth-order valence-electron chi connectivity index (χ4n) is 2.00. The number of phenols is 1. The summed E-state index contributed by atoms with van der Waals surface area (Å²) in [5.41, 5.74) is 1.34. The number of ether oxygens (including phenoxy) is 1. The van der Waals surface area contributed by atoms with Gasteiger partial charge in [-0.3, -0.25) is 4.90 Å². The first kappa shape index (κ1) is 17.0. The fourth-order valence-corrected chi connectivity index (χ4v) is 2.00. The van der Waals surface area contributed by atoms with Gasteiger partial charge in [0.1, 0.15) is 23.7 Å². The van der Waals surface area contributed by atoms with Gasteiger partial charge in [-0.1, -0.05) is 0 Å². The molecule has 0 aromatic heterocycles. The van der Waals surface area contributed by atoms with Crippen LogP contribution < -0.4 is 0 Å². The molecular weight excluding hydrogens is 270 g/mol. The molecule has 1 atom stereocenters. The summed E-state index contributed by atoms with van der Waals surface area (Å²) in [6.45, 7) is 8.80. The van der Waals surface area contributed by atoms with Crippen molar-refractivity contribution in [3.8, 4) is 5.75 Å². The predicted molar refractivity (Wildman–Crippen MR) is 80.4 cm³/mol. The first-order valence-electron chi connectivity index (χ1n) is 6.78. The largest absolute Gasteiger partial charge is 0.507 e. The first-order chi connectivity index (χ1) is 9.56. The van der Waals surface area contributed by atoms with Gasteiger partial charge in [-0.15, -0.1) is 0 Å². The lowest BCUT2D eigenvalue weighted by Crippen LogP contribution is -2.37. The van der Waals surface area contributed by atoms with Gasteiger partial charge in [0.25, 0.3) is 0 Å². The van der Waals surface area contributed by atoms with Crippen molar-refractivity contribution in [1.82, 2.24) is 4.90 Å². The zero-order chi connectivity index (χ0) is 16.4. The lowest BCUT2D eigenvalue weighted by Gasteiger charge is -2.28. The van der Waals surface area contributed by atoms with Crippen LogP contribution in [-0.2, 0) is 9.53 Å². The number of carbonyl (C=O) groups excluding carboxylic acids is 2. The molecule has 0 aliphatic rings.